The summed E-state index contributed by atoms with van der Waals surface area (Å²) in [4.78, 5) is 15.8. The van der Waals surface area contributed by atoms with Crippen LogP contribution in [-0.2, 0) is 9.53 Å². The highest BCUT2D eigenvalue weighted by molar-refractivity contribution is 7.10. The lowest BCUT2D eigenvalue weighted by molar-refractivity contribution is -0.117. The van der Waals surface area contributed by atoms with Crippen molar-refractivity contribution in [3.8, 4) is 0 Å². The van der Waals surface area contributed by atoms with Gasteiger partial charge in [0, 0.05) is 29.9 Å². The summed E-state index contributed by atoms with van der Waals surface area (Å²) in [6, 6.07) is 8.65. The van der Waals surface area contributed by atoms with Gasteiger partial charge in [-0.2, -0.15) is 0 Å². The number of ether oxygens (including phenoxy) is 1. The normalized spacial score (nSPS) is 26.0. The molecule has 3 unspecified atom stereocenters. The molecule has 4 heteroatoms. The third-order valence-electron chi connectivity index (χ3n) is 5.05. The van der Waals surface area contributed by atoms with Crippen LogP contribution in [0.5, 0.6) is 0 Å². The Labute approximate surface area is 140 Å². The minimum atomic E-state index is 0.0914. The summed E-state index contributed by atoms with van der Waals surface area (Å²) in [6.07, 6.45) is 1.11. The molecule has 2 aromatic rings. The number of hydrogen-bond donors (Lipinski definition) is 0. The van der Waals surface area contributed by atoms with Crippen molar-refractivity contribution in [2.75, 3.05) is 11.5 Å². The van der Waals surface area contributed by atoms with E-state index in [2.05, 4.69) is 43.5 Å². The van der Waals surface area contributed by atoms with Crippen LogP contribution in [0.4, 0.5) is 5.69 Å². The molecule has 3 heterocycles. The average Bonchev–Trinajstić information content (AvgIpc) is 3.16. The Kier molecular flexibility index (Phi) is 3.54. The topological polar surface area (TPSA) is 29.5 Å². The lowest BCUT2D eigenvalue weighted by atomic mass is 9.80. The number of nitrogens with zero attached hydrogens (tertiary/aromatic N) is 1. The van der Waals surface area contributed by atoms with E-state index < -0.39 is 0 Å². The minimum absolute atomic E-state index is 0.0914. The zero-order valence-corrected chi connectivity index (χ0v) is 14.5. The maximum atomic E-state index is 12.6. The van der Waals surface area contributed by atoms with Crippen LogP contribution < -0.4 is 4.90 Å². The quantitative estimate of drug-likeness (QED) is 0.769. The molecule has 3 atom stereocenters. The van der Waals surface area contributed by atoms with Crippen molar-refractivity contribution >= 4 is 22.9 Å². The van der Waals surface area contributed by atoms with E-state index in [0.29, 0.717) is 5.92 Å². The van der Waals surface area contributed by atoms with Gasteiger partial charge < -0.3 is 9.64 Å². The molecule has 120 valence electrons. The van der Waals surface area contributed by atoms with Gasteiger partial charge in [-0.3, -0.25) is 4.79 Å². The Hall–Kier alpha value is -1.65. The Balaban J connectivity index is 1.97. The van der Waals surface area contributed by atoms with E-state index in [1.165, 1.54) is 21.6 Å². The third-order valence-corrected chi connectivity index (χ3v) is 5.99. The molecule has 1 amide bonds. The number of benzene rings is 1. The fourth-order valence-corrected chi connectivity index (χ4v) is 5.15. The summed E-state index contributed by atoms with van der Waals surface area (Å²) in [5.41, 5.74) is 4.67. The van der Waals surface area contributed by atoms with E-state index in [1.54, 1.807) is 18.3 Å². The maximum Gasteiger partial charge on any atom is 0.224 e. The van der Waals surface area contributed by atoms with Gasteiger partial charge in [0.25, 0.3) is 0 Å². The second-order valence-corrected chi connectivity index (χ2v) is 7.59. The van der Waals surface area contributed by atoms with E-state index in [1.807, 2.05) is 4.90 Å². The Morgan fingerprint density at radius 1 is 1.35 bits per heavy atom. The standard InChI is InChI=1S/C19H21NO2S/c1-11-9-12(2)17-15(10-11)20(13(3)21)18(16-5-4-8-23-16)14-6-7-22-19(14)17/h4-5,8-10,14,18-19H,6-7H2,1-3H3. The van der Waals surface area contributed by atoms with Gasteiger partial charge in [0.2, 0.25) is 5.91 Å². The van der Waals surface area contributed by atoms with Crippen LogP contribution in [0, 0.1) is 19.8 Å². The van der Waals surface area contributed by atoms with Gasteiger partial charge >= 0.3 is 0 Å². The van der Waals surface area contributed by atoms with Crippen LogP contribution >= 0.6 is 11.3 Å². The number of aryl methyl sites for hydroxylation is 2. The molecule has 4 rings (SSSR count). The Morgan fingerprint density at radius 3 is 2.87 bits per heavy atom. The van der Waals surface area contributed by atoms with Crippen molar-refractivity contribution in [3.63, 3.8) is 0 Å². The SMILES string of the molecule is CC(=O)N1c2cc(C)cc(C)c2C2OCCC2C1c1cccs1. The molecule has 0 bridgehead atoms. The Morgan fingerprint density at radius 2 is 2.17 bits per heavy atom. The van der Waals surface area contributed by atoms with Gasteiger partial charge in [-0.15, -0.1) is 11.3 Å². The molecule has 0 N–H and O–H groups in total. The van der Waals surface area contributed by atoms with Gasteiger partial charge in [-0.1, -0.05) is 12.1 Å². The van der Waals surface area contributed by atoms with Crippen LogP contribution in [0.25, 0.3) is 0 Å². The largest absolute Gasteiger partial charge is 0.373 e. The van der Waals surface area contributed by atoms with Gasteiger partial charge in [0.05, 0.1) is 17.8 Å². The van der Waals surface area contributed by atoms with Crippen molar-refractivity contribution < 1.29 is 9.53 Å². The van der Waals surface area contributed by atoms with Gasteiger partial charge in [0.1, 0.15) is 0 Å². The number of amides is 1. The molecule has 1 fully saturated rings. The van der Waals surface area contributed by atoms with Crippen molar-refractivity contribution in [3.05, 3.63) is 51.2 Å². The van der Waals surface area contributed by atoms with Crippen LogP contribution in [0.2, 0.25) is 0 Å². The molecule has 23 heavy (non-hydrogen) atoms. The van der Waals surface area contributed by atoms with E-state index in [-0.39, 0.29) is 18.1 Å². The van der Waals surface area contributed by atoms with E-state index in [0.717, 1.165) is 18.7 Å². The predicted octanol–water partition coefficient (Wildman–Crippen LogP) is 4.55. The number of thiophene rings is 1. The average molecular weight is 327 g/mol. The zero-order valence-electron chi connectivity index (χ0n) is 13.7. The number of carbonyl (C=O) groups is 1. The van der Waals surface area contributed by atoms with Crippen LogP contribution in [0.3, 0.4) is 0 Å². The molecule has 1 saturated heterocycles. The van der Waals surface area contributed by atoms with Crippen molar-refractivity contribution in [1.29, 1.82) is 0 Å². The number of fused-ring (bicyclic) bond motifs is 3. The molecule has 0 saturated carbocycles. The highest BCUT2D eigenvalue weighted by Gasteiger charge is 2.47. The highest BCUT2D eigenvalue weighted by Crippen LogP contribution is 2.54. The molecule has 1 aromatic heterocycles. The van der Waals surface area contributed by atoms with Gasteiger partial charge in [-0.05, 0) is 48.9 Å². The summed E-state index contributed by atoms with van der Waals surface area (Å²) in [6.45, 7) is 6.68. The van der Waals surface area contributed by atoms with Gasteiger partial charge in [0.15, 0.2) is 0 Å². The molecular weight excluding hydrogens is 306 g/mol. The summed E-state index contributed by atoms with van der Waals surface area (Å²) in [5.74, 6) is 0.450. The summed E-state index contributed by atoms with van der Waals surface area (Å²) in [5, 5.41) is 2.09. The summed E-state index contributed by atoms with van der Waals surface area (Å²) < 4.78 is 6.13. The molecule has 2 aliphatic heterocycles. The lowest BCUT2D eigenvalue weighted by Gasteiger charge is -2.43. The minimum Gasteiger partial charge on any atom is -0.373 e. The Bertz CT molecular complexity index is 753. The van der Waals surface area contributed by atoms with Crippen molar-refractivity contribution in [2.45, 2.75) is 39.3 Å². The van der Waals surface area contributed by atoms with Crippen LogP contribution in [0.1, 0.15) is 47.1 Å². The molecule has 3 nitrogen and oxygen atoms in total. The first-order valence-corrected chi connectivity index (χ1v) is 9.02. The van der Waals surface area contributed by atoms with Crippen molar-refractivity contribution in [2.24, 2.45) is 5.92 Å². The first-order chi connectivity index (χ1) is 11.1. The monoisotopic (exact) mass is 327 g/mol. The first-order valence-electron chi connectivity index (χ1n) is 8.14. The fraction of sp³-hybridized carbons (Fsp3) is 0.421. The molecular formula is C19H21NO2S. The lowest BCUT2D eigenvalue weighted by Crippen LogP contribution is -2.42. The highest BCUT2D eigenvalue weighted by atomic mass is 32.1. The summed E-state index contributed by atoms with van der Waals surface area (Å²) >= 11 is 1.73. The second-order valence-electron chi connectivity index (χ2n) is 6.61. The van der Waals surface area contributed by atoms with Crippen LogP contribution in [-0.4, -0.2) is 12.5 Å². The molecule has 0 spiro atoms. The fourth-order valence-electron chi connectivity index (χ4n) is 4.26. The smallest absolute Gasteiger partial charge is 0.224 e. The summed E-state index contributed by atoms with van der Waals surface area (Å²) in [7, 11) is 0. The van der Waals surface area contributed by atoms with Crippen LogP contribution in [0.15, 0.2) is 29.6 Å². The molecule has 0 aliphatic carbocycles. The molecule has 0 radical (unpaired) electrons. The van der Waals surface area contributed by atoms with E-state index in [9.17, 15) is 4.79 Å². The van der Waals surface area contributed by atoms with Gasteiger partial charge in [-0.25, -0.2) is 0 Å². The number of carbonyl (C=O) groups excluding carboxylic acids is 1. The number of anilines is 1. The number of hydrogen-bond acceptors (Lipinski definition) is 3. The molecule has 2 aliphatic rings. The molecule has 1 aromatic carbocycles. The first kappa shape index (κ1) is 14.9. The maximum absolute atomic E-state index is 12.6. The van der Waals surface area contributed by atoms with E-state index >= 15 is 0 Å². The van der Waals surface area contributed by atoms with E-state index in [4.69, 9.17) is 4.74 Å². The second kappa shape index (κ2) is 5.46. The predicted molar refractivity (Wildman–Crippen MR) is 92.9 cm³/mol. The van der Waals surface area contributed by atoms with Crippen molar-refractivity contribution in [1.82, 2.24) is 0 Å². The third kappa shape index (κ3) is 2.24. The zero-order chi connectivity index (χ0) is 16.1. The number of rotatable bonds is 1.